The molecule has 2 aliphatic rings. The maximum atomic E-state index is 14.0. The summed E-state index contributed by atoms with van der Waals surface area (Å²) >= 11 is 0. The van der Waals surface area contributed by atoms with Crippen LogP contribution >= 0.6 is 0 Å². The van der Waals surface area contributed by atoms with Gasteiger partial charge in [-0.05, 0) is 49.8 Å². The van der Waals surface area contributed by atoms with Crippen LogP contribution in [0.15, 0.2) is 18.2 Å². The zero-order valence-electron chi connectivity index (χ0n) is 21.8. The number of carbonyl (C=O) groups excluding carboxylic acids is 2. The summed E-state index contributed by atoms with van der Waals surface area (Å²) in [5, 5.41) is 4.14. The standard InChI is InChI=1S/C27H39N3O5/c1-17-9-7-10-20(18(17)2)28-26(32)27(3)16-29-21(25(31)30(27)13-8-14-33-4)15-19-22(34-5)11-12-23(35-6)24(19)29/h11-12,15,17-18,20H,7-10,13-14,16H2,1-6H3,(H,28,32)/t17-,18-,20-,27-/m1/s1. The molecule has 4 atom stereocenters. The van der Waals surface area contributed by atoms with Gasteiger partial charge in [-0.3, -0.25) is 9.59 Å². The zero-order chi connectivity index (χ0) is 25.3. The van der Waals surface area contributed by atoms with Crippen molar-refractivity contribution in [1.82, 2.24) is 14.8 Å². The fraction of sp³-hybridized carbons (Fsp3) is 0.630. The second-order valence-electron chi connectivity index (χ2n) is 10.3. The van der Waals surface area contributed by atoms with Crippen LogP contribution in [0, 0.1) is 11.8 Å². The Bertz CT molecular complexity index is 1100. The summed E-state index contributed by atoms with van der Waals surface area (Å²) in [6.07, 6.45) is 3.91. The Hall–Kier alpha value is -2.74. The highest BCUT2D eigenvalue weighted by molar-refractivity contribution is 6.05. The molecule has 0 saturated heterocycles. The quantitative estimate of drug-likeness (QED) is 0.575. The third-order valence-corrected chi connectivity index (χ3v) is 8.19. The van der Waals surface area contributed by atoms with E-state index in [4.69, 9.17) is 14.2 Å². The highest BCUT2D eigenvalue weighted by atomic mass is 16.5. The monoisotopic (exact) mass is 485 g/mol. The van der Waals surface area contributed by atoms with Crippen molar-refractivity contribution >= 4 is 22.7 Å². The molecule has 1 aromatic heterocycles. The normalized spacial score (nSPS) is 26.5. The van der Waals surface area contributed by atoms with E-state index in [1.807, 2.05) is 29.7 Å². The molecule has 8 nitrogen and oxygen atoms in total. The second kappa shape index (κ2) is 10.1. The van der Waals surface area contributed by atoms with Gasteiger partial charge in [0.1, 0.15) is 22.7 Å². The Morgan fingerprint density at radius 3 is 2.54 bits per heavy atom. The number of fused-ring (bicyclic) bond motifs is 3. The Morgan fingerprint density at radius 1 is 1.14 bits per heavy atom. The molecule has 0 bridgehead atoms. The molecule has 1 aliphatic carbocycles. The molecule has 2 aromatic rings. The number of amides is 2. The van der Waals surface area contributed by atoms with Gasteiger partial charge >= 0.3 is 0 Å². The van der Waals surface area contributed by atoms with Crippen LogP contribution in [0.5, 0.6) is 11.5 Å². The van der Waals surface area contributed by atoms with Crippen LogP contribution in [0.1, 0.15) is 56.9 Å². The number of methoxy groups -OCH3 is 3. The lowest BCUT2D eigenvalue weighted by Crippen LogP contribution is -2.65. The summed E-state index contributed by atoms with van der Waals surface area (Å²) in [4.78, 5) is 29.6. The van der Waals surface area contributed by atoms with E-state index in [1.165, 1.54) is 6.42 Å². The molecule has 1 aromatic carbocycles. The van der Waals surface area contributed by atoms with E-state index in [0.717, 1.165) is 23.7 Å². The van der Waals surface area contributed by atoms with Crippen LogP contribution in [0.4, 0.5) is 0 Å². The van der Waals surface area contributed by atoms with Gasteiger partial charge < -0.3 is 29.0 Å². The Kier molecular flexibility index (Phi) is 7.31. The second-order valence-corrected chi connectivity index (χ2v) is 10.3. The van der Waals surface area contributed by atoms with Crippen LogP contribution in [0.25, 0.3) is 10.9 Å². The van der Waals surface area contributed by atoms with E-state index in [2.05, 4.69) is 19.2 Å². The van der Waals surface area contributed by atoms with E-state index in [9.17, 15) is 9.59 Å². The van der Waals surface area contributed by atoms with E-state index in [-0.39, 0.29) is 17.9 Å². The molecule has 2 heterocycles. The summed E-state index contributed by atoms with van der Waals surface area (Å²) in [6.45, 7) is 7.63. The van der Waals surface area contributed by atoms with Gasteiger partial charge in [-0.1, -0.05) is 26.7 Å². The molecule has 0 spiro atoms. The number of carbonyl (C=O) groups is 2. The maximum absolute atomic E-state index is 14.0. The summed E-state index contributed by atoms with van der Waals surface area (Å²) in [5.74, 6) is 1.98. The number of nitrogens with one attached hydrogen (secondary N) is 1. The zero-order valence-corrected chi connectivity index (χ0v) is 21.8. The molecule has 1 saturated carbocycles. The molecule has 2 amide bonds. The molecular formula is C27H39N3O5. The lowest BCUT2D eigenvalue weighted by Gasteiger charge is -2.45. The lowest BCUT2D eigenvalue weighted by atomic mass is 9.77. The van der Waals surface area contributed by atoms with Gasteiger partial charge in [0.05, 0.1) is 26.3 Å². The topological polar surface area (TPSA) is 82.0 Å². The van der Waals surface area contributed by atoms with Crippen molar-refractivity contribution in [2.75, 3.05) is 34.5 Å². The first-order valence-electron chi connectivity index (χ1n) is 12.6. The van der Waals surface area contributed by atoms with Crippen molar-refractivity contribution in [3.63, 3.8) is 0 Å². The highest BCUT2D eigenvalue weighted by Gasteiger charge is 2.48. The van der Waals surface area contributed by atoms with Crippen molar-refractivity contribution < 1.29 is 23.8 Å². The molecule has 0 radical (unpaired) electrons. The smallest absolute Gasteiger partial charge is 0.271 e. The van der Waals surface area contributed by atoms with E-state index >= 15 is 0 Å². The summed E-state index contributed by atoms with van der Waals surface area (Å²) < 4.78 is 18.4. The number of ether oxygens (including phenoxy) is 3. The number of aromatic nitrogens is 1. The first kappa shape index (κ1) is 25.4. The summed E-state index contributed by atoms with van der Waals surface area (Å²) in [7, 11) is 4.87. The van der Waals surface area contributed by atoms with Crippen LogP contribution in [0.3, 0.4) is 0 Å². The Balaban J connectivity index is 1.77. The number of rotatable bonds is 8. The molecule has 192 valence electrons. The van der Waals surface area contributed by atoms with E-state index < -0.39 is 5.54 Å². The molecular weight excluding hydrogens is 446 g/mol. The number of benzene rings is 1. The van der Waals surface area contributed by atoms with Crippen molar-refractivity contribution in [1.29, 1.82) is 0 Å². The largest absolute Gasteiger partial charge is 0.496 e. The average Bonchev–Trinajstić information content (AvgIpc) is 3.23. The van der Waals surface area contributed by atoms with Gasteiger partial charge in [0.2, 0.25) is 5.91 Å². The van der Waals surface area contributed by atoms with Crippen LogP contribution in [-0.4, -0.2) is 67.3 Å². The van der Waals surface area contributed by atoms with Gasteiger partial charge in [0, 0.05) is 31.7 Å². The van der Waals surface area contributed by atoms with E-state index in [1.54, 1.807) is 26.2 Å². The molecule has 8 heteroatoms. The van der Waals surface area contributed by atoms with Crippen LogP contribution < -0.4 is 14.8 Å². The van der Waals surface area contributed by atoms with Crippen molar-refractivity contribution in [2.24, 2.45) is 11.8 Å². The summed E-state index contributed by atoms with van der Waals surface area (Å²) in [6, 6.07) is 5.64. The predicted molar refractivity (Wildman–Crippen MR) is 135 cm³/mol. The van der Waals surface area contributed by atoms with Crippen molar-refractivity contribution in [3.05, 3.63) is 23.9 Å². The Labute approximate surface area is 207 Å². The molecule has 1 fully saturated rings. The Morgan fingerprint density at radius 2 is 1.86 bits per heavy atom. The number of nitrogens with zero attached hydrogens (tertiary/aromatic N) is 2. The first-order valence-corrected chi connectivity index (χ1v) is 12.6. The predicted octanol–water partition coefficient (Wildman–Crippen LogP) is 3.85. The number of hydrogen-bond donors (Lipinski definition) is 1. The fourth-order valence-corrected chi connectivity index (χ4v) is 5.78. The van der Waals surface area contributed by atoms with Gasteiger partial charge in [-0.2, -0.15) is 0 Å². The fourth-order valence-electron chi connectivity index (χ4n) is 5.78. The molecule has 1 N–H and O–H groups in total. The molecule has 4 rings (SSSR count). The third-order valence-electron chi connectivity index (χ3n) is 8.19. The first-order chi connectivity index (χ1) is 16.8. The van der Waals surface area contributed by atoms with Crippen molar-refractivity contribution in [2.45, 2.75) is 64.6 Å². The minimum Gasteiger partial charge on any atom is -0.496 e. The SMILES string of the molecule is COCCCN1C(=O)c2cc3c(OC)ccc(OC)c3n2C[C@]1(C)C(=O)N[C@@H]1CCC[C@@H](C)[C@H]1C. The maximum Gasteiger partial charge on any atom is 0.271 e. The van der Waals surface area contributed by atoms with Gasteiger partial charge in [0.15, 0.2) is 0 Å². The molecule has 35 heavy (non-hydrogen) atoms. The van der Waals surface area contributed by atoms with Crippen LogP contribution in [0.2, 0.25) is 0 Å². The molecule has 0 unspecified atom stereocenters. The average molecular weight is 486 g/mol. The van der Waals surface area contributed by atoms with Crippen LogP contribution in [-0.2, 0) is 16.1 Å². The van der Waals surface area contributed by atoms with Crippen molar-refractivity contribution in [3.8, 4) is 11.5 Å². The summed E-state index contributed by atoms with van der Waals surface area (Å²) in [5.41, 5.74) is 0.244. The molecule has 1 aliphatic heterocycles. The minimum atomic E-state index is -1.06. The van der Waals surface area contributed by atoms with Gasteiger partial charge in [-0.15, -0.1) is 0 Å². The minimum absolute atomic E-state index is 0.108. The van der Waals surface area contributed by atoms with E-state index in [0.29, 0.717) is 55.1 Å². The third kappa shape index (κ3) is 4.37. The highest BCUT2D eigenvalue weighted by Crippen LogP contribution is 2.40. The number of hydrogen-bond acceptors (Lipinski definition) is 5. The lowest BCUT2D eigenvalue weighted by molar-refractivity contribution is -0.134. The van der Waals surface area contributed by atoms with Gasteiger partial charge in [-0.25, -0.2) is 0 Å². The van der Waals surface area contributed by atoms with Gasteiger partial charge in [0.25, 0.3) is 5.91 Å².